The van der Waals surface area contributed by atoms with Gasteiger partial charge in [-0.3, -0.25) is 9.59 Å². The zero-order valence-corrected chi connectivity index (χ0v) is 19.3. The Morgan fingerprint density at radius 3 is 1.94 bits per heavy atom. The van der Waals surface area contributed by atoms with E-state index in [9.17, 15) is 9.59 Å². The lowest BCUT2D eigenvalue weighted by molar-refractivity contribution is -0.124. The lowest BCUT2D eigenvalue weighted by Gasteiger charge is -2.35. The minimum Gasteiger partial charge on any atom is -0.497 e. The van der Waals surface area contributed by atoms with Gasteiger partial charge in [0.2, 0.25) is 5.91 Å². The molecule has 2 aromatic rings. The van der Waals surface area contributed by atoms with E-state index in [-0.39, 0.29) is 23.8 Å². The van der Waals surface area contributed by atoms with Crippen molar-refractivity contribution in [2.75, 3.05) is 32.2 Å². The maximum atomic E-state index is 13.0. The molecule has 2 amide bonds. The fourth-order valence-electron chi connectivity index (χ4n) is 3.87. The first-order chi connectivity index (χ1) is 15.4. The fourth-order valence-corrected chi connectivity index (χ4v) is 3.87. The number of ether oxygens (including phenoxy) is 2. The second kappa shape index (κ2) is 10.9. The van der Waals surface area contributed by atoms with Crippen molar-refractivity contribution in [2.45, 2.75) is 38.8 Å². The van der Waals surface area contributed by atoms with Crippen molar-refractivity contribution < 1.29 is 19.1 Å². The number of benzene rings is 2. The second-order valence-corrected chi connectivity index (χ2v) is 8.39. The third-order valence-corrected chi connectivity index (χ3v) is 5.87. The van der Waals surface area contributed by atoms with Crippen molar-refractivity contribution >= 4 is 17.5 Å². The monoisotopic (exact) mass is 439 g/mol. The fraction of sp³-hybridized carbons (Fsp3) is 0.440. The lowest BCUT2D eigenvalue weighted by atomic mass is 10.00. The quantitative estimate of drug-likeness (QED) is 0.660. The number of nitrogens with zero attached hydrogens (tertiary/aromatic N) is 1. The molecule has 1 aliphatic rings. The van der Waals surface area contributed by atoms with Crippen LogP contribution in [0.4, 0.5) is 5.69 Å². The molecule has 7 nitrogen and oxygen atoms in total. The maximum absolute atomic E-state index is 13.0. The molecule has 0 aromatic heterocycles. The molecule has 0 radical (unpaired) electrons. The van der Waals surface area contributed by atoms with Crippen LogP contribution in [0.25, 0.3) is 0 Å². The molecule has 0 saturated carbocycles. The first-order valence-corrected chi connectivity index (χ1v) is 11.1. The molecule has 3 rings (SSSR count). The zero-order chi connectivity index (χ0) is 23.1. The Bertz CT molecular complexity index is 888. The van der Waals surface area contributed by atoms with E-state index in [2.05, 4.69) is 27.7 Å². The van der Waals surface area contributed by atoms with E-state index in [1.165, 1.54) is 0 Å². The summed E-state index contributed by atoms with van der Waals surface area (Å²) in [6, 6.07) is 14.4. The summed E-state index contributed by atoms with van der Waals surface area (Å²) in [5, 5.41) is 6.04. The van der Waals surface area contributed by atoms with Crippen LogP contribution in [0.2, 0.25) is 0 Å². The maximum Gasteiger partial charge on any atom is 0.251 e. The number of amides is 2. The summed E-state index contributed by atoms with van der Waals surface area (Å²) in [5.74, 6) is 1.09. The molecule has 1 fully saturated rings. The smallest absolute Gasteiger partial charge is 0.251 e. The van der Waals surface area contributed by atoms with Crippen molar-refractivity contribution in [3.05, 3.63) is 54.1 Å². The molecule has 7 heteroatoms. The van der Waals surface area contributed by atoms with Crippen LogP contribution in [0.5, 0.6) is 11.5 Å². The molecule has 2 N–H and O–H groups in total. The molecule has 32 heavy (non-hydrogen) atoms. The Hall–Kier alpha value is -3.22. The zero-order valence-electron chi connectivity index (χ0n) is 19.3. The Morgan fingerprint density at radius 1 is 0.906 bits per heavy atom. The number of piperidine rings is 1. The van der Waals surface area contributed by atoms with Gasteiger partial charge in [-0.25, -0.2) is 0 Å². The summed E-state index contributed by atoms with van der Waals surface area (Å²) in [5.41, 5.74) is 1.65. The van der Waals surface area contributed by atoms with E-state index in [0.29, 0.717) is 11.3 Å². The minimum atomic E-state index is -0.593. The number of anilines is 1. The standard InChI is InChI=1S/C25H33N3O4/c1-17(2)23(27-24(29)18-5-9-21(31-3)10-6-18)25(30)26-19-13-15-28(16-14-19)20-7-11-22(32-4)12-8-20/h5-12,17,19,23H,13-16H2,1-4H3,(H,26,30)(H,27,29). The Labute approximate surface area is 190 Å². The van der Waals surface area contributed by atoms with Crippen LogP contribution in [-0.4, -0.2) is 51.2 Å². The van der Waals surface area contributed by atoms with E-state index in [1.807, 2.05) is 26.0 Å². The summed E-state index contributed by atoms with van der Waals surface area (Å²) in [7, 11) is 3.24. The largest absolute Gasteiger partial charge is 0.497 e. The van der Waals surface area contributed by atoms with Gasteiger partial charge in [-0.15, -0.1) is 0 Å². The molecule has 1 aliphatic heterocycles. The van der Waals surface area contributed by atoms with Crippen LogP contribution in [0.1, 0.15) is 37.0 Å². The van der Waals surface area contributed by atoms with Gasteiger partial charge in [0.1, 0.15) is 17.5 Å². The number of nitrogens with one attached hydrogen (secondary N) is 2. The highest BCUT2D eigenvalue weighted by Gasteiger charge is 2.28. The van der Waals surface area contributed by atoms with Crippen molar-refractivity contribution in [3.63, 3.8) is 0 Å². The van der Waals surface area contributed by atoms with Crippen molar-refractivity contribution in [3.8, 4) is 11.5 Å². The molecule has 0 bridgehead atoms. The highest BCUT2D eigenvalue weighted by Crippen LogP contribution is 2.23. The lowest BCUT2D eigenvalue weighted by Crippen LogP contribution is -2.54. The van der Waals surface area contributed by atoms with Crippen LogP contribution < -0.4 is 25.0 Å². The van der Waals surface area contributed by atoms with Crippen LogP contribution in [-0.2, 0) is 4.79 Å². The van der Waals surface area contributed by atoms with Crippen LogP contribution in [0, 0.1) is 5.92 Å². The van der Waals surface area contributed by atoms with Crippen LogP contribution >= 0.6 is 0 Å². The molecule has 1 saturated heterocycles. The number of carbonyl (C=O) groups excluding carboxylic acids is 2. The topological polar surface area (TPSA) is 79.9 Å². The number of hydrogen-bond donors (Lipinski definition) is 2. The summed E-state index contributed by atoms with van der Waals surface area (Å²) in [6.07, 6.45) is 1.71. The molecule has 2 aromatic carbocycles. The number of rotatable bonds is 8. The SMILES string of the molecule is COc1ccc(C(=O)NC(C(=O)NC2CCN(c3ccc(OC)cc3)CC2)C(C)C)cc1. The van der Waals surface area contributed by atoms with Gasteiger partial charge in [0.15, 0.2) is 0 Å². The van der Waals surface area contributed by atoms with Crippen LogP contribution in [0.15, 0.2) is 48.5 Å². The molecule has 1 atom stereocenters. The van der Waals surface area contributed by atoms with Gasteiger partial charge in [0, 0.05) is 30.4 Å². The van der Waals surface area contributed by atoms with Gasteiger partial charge >= 0.3 is 0 Å². The van der Waals surface area contributed by atoms with E-state index in [0.717, 1.165) is 37.4 Å². The van der Waals surface area contributed by atoms with Gasteiger partial charge in [-0.2, -0.15) is 0 Å². The second-order valence-electron chi connectivity index (χ2n) is 8.39. The van der Waals surface area contributed by atoms with Crippen molar-refractivity contribution in [1.82, 2.24) is 10.6 Å². The first kappa shape index (κ1) is 23.4. The molecule has 172 valence electrons. The first-order valence-electron chi connectivity index (χ1n) is 11.1. The van der Waals surface area contributed by atoms with Gasteiger partial charge in [-0.05, 0) is 67.3 Å². The number of carbonyl (C=O) groups is 2. The summed E-state index contributed by atoms with van der Waals surface area (Å²) < 4.78 is 10.4. The molecule has 0 aliphatic carbocycles. The van der Waals surface area contributed by atoms with Gasteiger partial charge in [0.05, 0.1) is 14.2 Å². The summed E-state index contributed by atoms with van der Waals surface area (Å²) in [6.45, 7) is 5.60. The van der Waals surface area contributed by atoms with E-state index in [1.54, 1.807) is 38.5 Å². The molecule has 1 unspecified atom stereocenters. The molecule has 1 heterocycles. The van der Waals surface area contributed by atoms with E-state index in [4.69, 9.17) is 9.47 Å². The predicted octanol–water partition coefficient (Wildman–Crippen LogP) is 3.24. The minimum absolute atomic E-state index is 0.0309. The Balaban J connectivity index is 1.53. The van der Waals surface area contributed by atoms with Crippen LogP contribution in [0.3, 0.4) is 0 Å². The number of hydrogen-bond acceptors (Lipinski definition) is 5. The average Bonchev–Trinajstić information content (AvgIpc) is 2.82. The highest BCUT2D eigenvalue weighted by molar-refractivity contribution is 5.97. The molecular formula is C25H33N3O4. The Morgan fingerprint density at radius 2 is 1.44 bits per heavy atom. The highest BCUT2D eigenvalue weighted by atomic mass is 16.5. The van der Waals surface area contributed by atoms with Crippen molar-refractivity contribution in [2.24, 2.45) is 5.92 Å². The van der Waals surface area contributed by atoms with Gasteiger partial charge < -0.3 is 25.0 Å². The van der Waals surface area contributed by atoms with Crippen molar-refractivity contribution in [1.29, 1.82) is 0 Å². The summed E-state index contributed by atoms with van der Waals surface area (Å²) in [4.78, 5) is 27.9. The average molecular weight is 440 g/mol. The number of methoxy groups -OCH3 is 2. The third kappa shape index (κ3) is 5.93. The molecular weight excluding hydrogens is 406 g/mol. The summed E-state index contributed by atoms with van der Waals surface area (Å²) >= 11 is 0. The third-order valence-electron chi connectivity index (χ3n) is 5.87. The van der Waals surface area contributed by atoms with Gasteiger partial charge in [0.25, 0.3) is 5.91 Å². The predicted molar refractivity (Wildman–Crippen MR) is 125 cm³/mol. The normalized spacial score (nSPS) is 15.2. The van der Waals surface area contributed by atoms with Gasteiger partial charge in [-0.1, -0.05) is 13.8 Å². The van der Waals surface area contributed by atoms with E-state index >= 15 is 0 Å². The Kier molecular flexibility index (Phi) is 7.98. The van der Waals surface area contributed by atoms with E-state index < -0.39 is 6.04 Å². The molecule has 0 spiro atoms.